The van der Waals surface area contributed by atoms with E-state index in [9.17, 15) is 14.7 Å². The Labute approximate surface area is 142 Å². The van der Waals surface area contributed by atoms with Crippen molar-refractivity contribution in [2.24, 2.45) is 5.10 Å². The topological polar surface area (TPSA) is 102 Å². The third-order valence-electron chi connectivity index (χ3n) is 3.59. The van der Waals surface area contributed by atoms with Crippen LogP contribution in [0.4, 0.5) is 5.69 Å². The summed E-state index contributed by atoms with van der Waals surface area (Å²) in [7, 11) is 0. The predicted octanol–water partition coefficient (Wildman–Crippen LogP) is 2.25. The summed E-state index contributed by atoms with van der Waals surface area (Å²) in [5.74, 6) is -0.775. The summed E-state index contributed by atoms with van der Waals surface area (Å²) < 4.78 is 0.00377. The number of rotatable bonds is 2. The van der Waals surface area contributed by atoms with E-state index in [1.807, 2.05) is 19.1 Å². The van der Waals surface area contributed by atoms with Crippen molar-refractivity contribution < 1.29 is 9.90 Å². The molecule has 2 heterocycles. The zero-order valence-electron chi connectivity index (χ0n) is 13.0. The first-order valence-electron chi connectivity index (χ1n) is 7.11. The Morgan fingerprint density at radius 3 is 2.46 bits per heavy atom. The number of aryl methyl sites for hydroxylation is 1. The number of nitrogens with one attached hydrogen (secondary N) is 2. The fourth-order valence-electron chi connectivity index (χ4n) is 2.31. The van der Waals surface area contributed by atoms with E-state index in [1.54, 1.807) is 19.1 Å². The molecule has 0 radical (unpaired) electrons. The minimum atomic E-state index is -0.585. The highest BCUT2D eigenvalue weighted by molar-refractivity contribution is 7.71. The van der Waals surface area contributed by atoms with Gasteiger partial charge in [-0.3, -0.25) is 14.6 Å². The van der Waals surface area contributed by atoms with Crippen molar-refractivity contribution in [2.45, 2.75) is 13.8 Å². The average Bonchev–Trinajstić information content (AvgIpc) is 2.79. The number of aromatic nitrogens is 2. The molecule has 1 amide bonds. The van der Waals surface area contributed by atoms with Crippen LogP contribution in [0.2, 0.25) is 0 Å². The molecule has 0 atom stereocenters. The molecule has 3 rings (SSSR count). The summed E-state index contributed by atoms with van der Waals surface area (Å²) in [6.07, 6.45) is 1.30. The molecule has 2 aromatic rings. The van der Waals surface area contributed by atoms with Crippen LogP contribution in [0.5, 0.6) is 5.88 Å². The van der Waals surface area contributed by atoms with Gasteiger partial charge in [0.25, 0.3) is 11.5 Å². The van der Waals surface area contributed by atoms with E-state index < -0.39 is 11.4 Å². The number of hydrogen-bond acceptors (Lipinski definition) is 5. The molecule has 0 spiro atoms. The first kappa shape index (κ1) is 15.9. The molecule has 1 aliphatic rings. The molecular formula is C16H14N4O3S. The van der Waals surface area contributed by atoms with Gasteiger partial charge in [-0.15, -0.1) is 0 Å². The van der Waals surface area contributed by atoms with Crippen LogP contribution >= 0.6 is 12.2 Å². The standard InChI is InChI=1S/C16H14N4O3S/c1-8-3-5-10(6-4-8)20-15(23)11(9(2)19-20)7-12-13(21)17-16(24)18-14(12)22/h3-7H,1-2H3,(H3,17,18,21,22,24)/b11-7+. The number of aromatic hydroxyl groups is 1. The lowest BCUT2D eigenvalue weighted by molar-refractivity contribution is -0.114. The first-order chi connectivity index (χ1) is 11.4. The van der Waals surface area contributed by atoms with Crippen LogP contribution in [-0.4, -0.2) is 26.7 Å². The highest BCUT2D eigenvalue weighted by atomic mass is 32.1. The minimum Gasteiger partial charge on any atom is -0.494 e. The van der Waals surface area contributed by atoms with Gasteiger partial charge in [0.1, 0.15) is 5.56 Å². The number of benzene rings is 1. The van der Waals surface area contributed by atoms with E-state index in [0.29, 0.717) is 11.4 Å². The monoisotopic (exact) mass is 342 g/mol. The van der Waals surface area contributed by atoms with Crippen LogP contribution in [0.3, 0.4) is 0 Å². The summed E-state index contributed by atoms with van der Waals surface area (Å²) in [4.78, 5) is 29.4. The molecule has 1 aliphatic heterocycles. The lowest BCUT2D eigenvalue weighted by Crippen LogP contribution is -2.21. The van der Waals surface area contributed by atoms with Crippen molar-refractivity contribution in [3.63, 3.8) is 0 Å². The van der Waals surface area contributed by atoms with Crippen LogP contribution in [0.15, 0.2) is 39.7 Å². The van der Waals surface area contributed by atoms with E-state index in [1.165, 1.54) is 11.1 Å². The van der Waals surface area contributed by atoms with Gasteiger partial charge in [-0.25, -0.2) is 0 Å². The molecule has 8 heteroatoms. The number of hydrazone groups is 1. The molecule has 0 bridgehead atoms. The fraction of sp³-hybridized carbons (Fsp3) is 0.125. The quantitative estimate of drug-likeness (QED) is 0.575. The summed E-state index contributed by atoms with van der Waals surface area (Å²) >= 11 is 4.78. The Balaban J connectivity index is 2.04. The molecular weight excluding hydrogens is 328 g/mol. The maximum atomic E-state index is 12.6. The van der Waals surface area contributed by atoms with E-state index in [-0.39, 0.29) is 21.8 Å². The molecule has 1 aromatic carbocycles. The maximum absolute atomic E-state index is 12.6. The Morgan fingerprint density at radius 2 is 1.83 bits per heavy atom. The summed E-state index contributed by atoms with van der Waals surface area (Å²) in [6.45, 7) is 3.61. The number of aromatic amines is 2. The molecule has 7 nitrogen and oxygen atoms in total. The van der Waals surface area contributed by atoms with Gasteiger partial charge in [0.15, 0.2) is 4.77 Å². The van der Waals surface area contributed by atoms with E-state index >= 15 is 0 Å². The molecule has 24 heavy (non-hydrogen) atoms. The van der Waals surface area contributed by atoms with Crippen molar-refractivity contribution in [2.75, 3.05) is 5.01 Å². The van der Waals surface area contributed by atoms with Gasteiger partial charge in [-0.2, -0.15) is 10.1 Å². The fourth-order valence-corrected chi connectivity index (χ4v) is 2.50. The number of amides is 1. The van der Waals surface area contributed by atoms with Crippen LogP contribution < -0.4 is 10.6 Å². The second kappa shape index (κ2) is 5.89. The van der Waals surface area contributed by atoms with Crippen molar-refractivity contribution in [3.8, 4) is 5.88 Å². The van der Waals surface area contributed by atoms with Gasteiger partial charge in [-0.05, 0) is 44.3 Å². The van der Waals surface area contributed by atoms with Crippen molar-refractivity contribution in [1.29, 1.82) is 0 Å². The van der Waals surface area contributed by atoms with Crippen molar-refractivity contribution >= 4 is 35.6 Å². The van der Waals surface area contributed by atoms with Crippen molar-refractivity contribution in [1.82, 2.24) is 9.97 Å². The number of nitrogens with zero attached hydrogens (tertiary/aromatic N) is 2. The first-order valence-corrected chi connectivity index (χ1v) is 7.51. The molecule has 0 saturated carbocycles. The minimum absolute atomic E-state index is 0.00377. The van der Waals surface area contributed by atoms with Crippen LogP contribution in [0.1, 0.15) is 18.1 Å². The number of H-pyrrole nitrogens is 2. The van der Waals surface area contributed by atoms with Crippen LogP contribution in [0, 0.1) is 11.7 Å². The van der Waals surface area contributed by atoms with E-state index in [2.05, 4.69) is 15.1 Å². The average molecular weight is 342 g/mol. The van der Waals surface area contributed by atoms with Gasteiger partial charge in [-0.1, -0.05) is 17.7 Å². The zero-order chi connectivity index (χ0) is 17.4. The molecule has 0 unspecified atom stereocenters. The Kier molecular flexibility index (Phi) is 3.90. The number of hydrogen-bond donors (Lipinski definition) is 3. The SMILES string of the molecule is CC1=NN(c2ccc(C)cc2)C(=O)/C1=C/c1c(O)[nH]c(=S)[nH]c1=O. The lowest BCUT2D eigenvalue weighted by Gasteiger charge is -2.11. The summed E-state index contributed by atoms with van der Waals surface area (Å²) in [5.41, 5.74) is 1.70. The third-order valence-corrected chi connectivity index (χ3v) is 3.79. The van der Waals surface area contributed by atoms with Crippen molar-refractivity contribution in [3.05, 3.63) is 56.1 Å². The number of anilines is 1. The highest BCUT2D eigenvalue weighted by Gasteiger charge is 2.29. The van der Waals surface area contributed by atoms with Gasteiger partial charge >= 0.3 is 0 Å². The van der Waals surface area contributed by atoms with E-state index in [4.69, 9.17) is 12.2 Å². The molecule has 3 N–H and O–H groups in total. The Morgan fingerprint density at radius 1 is 1.17 bits per heavy atom. The second-order valence-electron chi connectivity index (χ2n) is 5.37. The third kappa shape index (κ3) is 2.79. The predicted molar refractivity (Wildman–Crippen MR) is 93.7 cm³/mol. The second-order valence-corrected chi connectivity index (χ2v) is 5.77. The summed E-state index contributed by atoms with van der Waals surface area (Å²) in [5, 5.41) is 15.4. The van der Waals surface area contributed by atoms with E-state index in [0.717, 1.165) is 5.56 Å². The lowest BCUT2D eigenvalue weighted by atomic mass is 10.1. The maximum Gasteiger partial charge on any atom is 0.280 e. The molecule has 122 valence electrons. The Bertz CT molecular complexity index is 999. The van der Waals surface area contributed by atoms with Crippen LogP contribution in [0.25, 0.3) is 6.08 Å². The number of carbonyl (C=O) groups is 1. The molecule has 1 aromatic heterocycles. The summed E-state index contributed by atoms with van der Waals surface area (Å²) in [6, 6.07) is 7.33. The Hall–Kier alpha value is -3.00. The zero-order valence-corrected chi connectivity index (χ0v) is 13.8. The smallest absolute Gasteiger partial charge is 0.280 e. The van der Waals surface area contributed by atoms with Gasteiger partial charge < -0.3 is 10.1 Å². The normalized spacial score (nSPS) is 15.9. The number of carbonyl (C=O) groups excluding carboxylic acids is 1. The molecule has 0 saturated heterocycles. The van der Waals surface area contributed by atoms with Gasteiger partial charge in [0.2, 0.25) is 5.88 Å². The highest BCUT2D eigenvalue weighted by Crippen LogP contribution is 2.25. The largest absolute Gasteiger partial charge is 0.494 e. The molecule has 0 aliphatic carbocycles. The van der Waals surface area contributed by atoms with Gasteiger partial charge in [0.05, 0.1) is 17.0 Å². The molecule has 0 fully saturated rings. The van der Waals surface area contributed by atoms with Gasteiger partial charge in [0, 0.05) is 0 Å². The van der Waals surface area contributed by atoms with Crippen LogP contribution in [-0.2, 0) is 4.79 Å².